The summed E-state index contributed by atoms with van der Waals surface area (Å²) in [6.07, 6.45) is 3.79. The molecule has 0 fully saturated rings. The first-order valence-corrected chi connectivity index (χ1v) is 9.86. The van der Waals surface area contributed by atoms with E-state index in [1.165, 1.54) is 22.0 Å². The zero-order valence-corrected chi connectivity index (χ0v) is 16.7. The molecule has 5 nitrogen and oxygen atoms in total. The lowest BCUT2D eigenvalue weighted by Gasteiger charge is -2.13. The summed E-state index contributed by atoms with van der Waals surface area (Å²) in [7, 11) is 0. The summed E-state index contributed by atoms with van der Waals surface area (Å²) >= 11 is 6.00. The van der Waals surface area contributed by atoms with Crippen LogP contribution < -0.4 is 5.32 Å². The summed E-state index contributed by atoms with van der Waals surface area (Å²) in [5.74, 6) is 0.828. The lowest BCUT2D eigenvalue weighted by molar-refractivity contribution is -0.121. The molecule has 0 aliphatic carbocycles. The number of nitrogens with one attached hydrogen (secondary N) is 3. The molecule has 2 aromatic carbocycles. The Morgan fingerprint density at radius 2 is 2.14 bits per heavy atom. The predicted octanol–water partition coefficient (Wildman–Crippen LogP) is 4.69. The fourth-order valence-electron chi connectivity index (χ4n) is 3.65. The van der Waals surface area contributed by atoms with Crippen LogP contribution in [0.15, 0.2) is 42.6 Å². The number of aromatic nitrogens is 3. The van der Waals surface area contributed by atoms with E-state index >= 15 is 0 Å². The van der Waals surface area contributed by atoms with E-state index in [4.69, 9.17) is 11.6 Å². The van der Waals surface area contributed by atoms with Crippen LogP contribution in [0.5, 0.6) is 0 Å². The molecule has 1 atom stereocenters. The average molecular weight is 395 g/mol. The van der Waals surface area contributed by atoms with Crippen molar-refractivity contribution in [1.29, 1.82) is 0 Å². The zero-order valence-electron chi connectivity index (χ0n) is 16.0. The molecule has 0 aliphatic heterocycles. The molecule has 2 heterocycles. The van der Waals surface area contributed by atoms with Gasteiger partial charge in [-0.25, -0.2) is 4.98 Å². The maximum atomic E-state index is 12.4. The number of aromatic amines is 2. The first-order valence-electron chi connectivity index (χ1n) is 9.48. The van der Waals surface area contributed by atoms with Gasteiger partial charge in [0.25, 0.3) is 0 Å². The third kappa shape index (κ3) is 3.90. The van der Waals surface area contributed by atoms with Crippen molar-refractivity contribution < 1.29 is 4.79 Å². The quantitative estimate of drug-likeness (QED) is 0.444. The van der Waals surface area contributed by atoms with Gasteiger partial charge in [0.15, 0.2) is 0 Å². The number of halogens is 1. The molecule has 0 aliphatic rings. The smallest absolute Gasteiger partial charge is 0.220 e. The van der Waals surface area contributed by atoms with Crippen LogP contribution in [-0.2, 0) is 17.6 Å². The van der Waals surface area contributed by atoms with Gasteiger partial charge in [0, 0.05) is 41.0 Å². The number of carbonyl (C=O) groups is 1. The maximum absolute atomic E-state index is 12.4. The Hall–Kier alpha value is -2.79. The molecule has 4 aromatic rings. The van der Waals surface area contributed by atoms with E-state index in [-0.39, 0.29) is 11.9 Å². The summed E-state index contributed by atoms with van der Waals surface area (Å²) in [6, 6.07) is 11.9. The number of imidazole rings is 1. The van der Waals surface area contributed by atoms with Gasteiger partial charge in [0.2, 0.25) is 5.91 Å². The molecule has 0 unspecified atom stereocenters. The molecule has 28 heavy (non-hydrogen) atoms. The molecule has 1 amide bonds. The Morgan fingerprint density at radius 3 is 3.00 bits per heavy atom. The van der Waals surface area contributed by atoms with Crippen molar-refractivity contribution in [2.45, 2.75) is 39.2 Å². The van der Waals surface area contributed by atoms with Gasteiger partial charge in [-0.15, -0.1) is 0 Å². The Labute approximate surface area is 168 Å². The fraction of sp³-hybridized carbons (Fsp3) is 0.273. The van der Waals surface area contributed by atoms with Crippen LogP contribution in [-0.4, -0.2) is 26.9 Å². The van der Waals surface area contributed by atoms with Crippen molar-refractivity contribution in [3.8, 4) is 0 Å². The summed E-state index contributed by atoms with van der Waals surface area (Å²) in [5.41, 5.74) is 5.38. The first-order chi connectivity index (χ1) is 13.5. The molecule has 0 radical (unpaired) electrons. The Morgan fingerprint density at radius 1 is 1.29 bits per heavy atom. The lowest BCUT2D eigenvalue weighted by Crippen LogP contribution is -2.34. The van der Waals surface area contributed by atoms with Crippen LogP contribution in [0, 0.1) is 6.92 Å². The van der Waals surface area contributed by atoms with Gasteiger partial charge in [0.1, 0.15) is 5.82 Å². The molecular formula is C22H23ClN4O. The van der Waals surface area contributed by atoms with Crippen LogP contribution in [0.25, 0.3) is 21.9 Å². The van der Waals surface area contributed by atoms with Gasteiger partial charge in [0.05, 0.1) is 11.0 Å². The number of fused-ring (bicyclic) bond motifs is 2. The SMILES string of the molecule is Cc1cccc2c(C[C@@H](C)NC(=O)CCc3nc4ccc(Cl)cc4[nH]3)c[nH]c12. The van der Waals surface area contributed by atoms with Crippen LogP contribution in [0.4, 0.5) is 0 Å². The highest BCUT2D eigenvalue weighted by atomic mass is 35.5. The molecule has 4 rings (SSSR count). The second kappa shape index (κ2) is 7.68. The topological polar surface area (TPSA) is 73.6 Å². The number of rotatable bonds is 6. The molecule has 3 N–H and O–H groups in total. The number of aryl methyl sites for hydroxylation is 2. The second-order valence-corrected chi connectivity index (χ2v) is 7.77. The Bertz CT molecular complexity index is 1140. The van der Waals surface area contributed by atoms with Crippen LogP contribution in [0.1, 0.15) is 30.3 Å². The molecule has 6 heteroatoms. The van der Waals surface area contributed by atoms with Crippen molar-refractivity contribution in [3.63, 3.8) is 0 Å². The van der Waals surface area contributed by atoms with Crippen molar-refractivity contribution in [2.24, 2.45) is 0 Å². The number of benzene rings is 2. The summed E-state index contributed by atoms with van der Waals surface area (Å²) in [6.45, 7) is 4.13. The van der Waals surface area contributed by atoms with Gasteiger partial charge in [-0.3, -0.25) is 4.79 Å². The number of H-pyrrole nitrogens is 2. The Kier molecular flexibility index (Phi) is 5.09. The lowest BCUT2D eigenvalue weighted by atomic mass is 10.0. The van der Waals surface area contributed by atoms with Gasteiger partial charge in [-0.1, -0.05) is 29.8 Å². The average Bonchev–Trinajstić information content (AvgIpc) is 3.24. The van der Waals surface area contributed by atoms with Gasteiger partial charge >= 0.3 is 0 Å². The monoisotopic (exact) mass is 394 g/mol. The second-order valence-electron chi connectivity index (χ2n) is 7.33. The van der Waals surface area contributed by atoms with E-state index in [0.717, 1.165) is 23.3 Å². The number of hydrogen-bond acceptors (Lipinski definition) is 2. The molecule has 0 spiro atoms. The number of nitrogens with zero attached hydrogens (tertiary/aromatic N) is 1. The number of carbonyl (C=O) groups excluding carboxylic acids is 1. The van der Waals surface area contributed by atoms with Gasteiger partial charge in [-0.2, -0.15) is 0 Å². The van der Waals surface area contributed by atoms with Gasteiger partial charge < -0.3 is 15.3 Å². The minimum Gasteiger partial charge on any atom is -0.361 e. The predicted molar refractivity (Wildman–Crippen MR) is 114 cm³/mol. The maximum Gasteiger partial charge on any atom is 0.220 e. The first kappa shape index (κ1) is 18.6. The normalized spacial score (nSPS) is 12.5. The van der Waals surface area contributed by atoms with Crippen molar-refractivity contribution in [3.05, 3.63) is 64.6 Å². The highest BCUT2D eigenvalue weighted by Crippen LogP contribution is 2.22. The van der Waals surface area contributed by atoms with Crippen molar-refractivity contribution in [2.75, 3.05) is 0 Å². The van der Waals surface area contributed by atoms with E-state index in [1.807, 2.05) is 31.3 Å². The van der Waals surface area contributed by atoms with Crippen molar-refractivity contribution in [1.82, 2.24) is 20.3 Å². The number of para-hydroxylation sites is 1. The third-order valence-corrected chi connectivity index (χ3v) is 5.26. The van der Waals surface area contributed by atoms with Gasteiger partial charge in [-0.05, 0) is 49.6 Å². The molecule has 144 valence electrons. The molecule has 0 saturated carbocycles. The van der Waals surface area contributed by atoms with Crippen LogP contribution in [0.3, 0.4) is 0 Å². The van der Waals surface area contributed by atoms with E-state index in [1.54, 1.807) is 0 Å². The summed E-state index contributed by atoms with van der Waals surface area (Å²) < 4.78 is 0. The number of amides is 1. The standard InChI is InChI=1S/C22H23ClN4O/c1-13-4-3-5-17-15(12-24-22(13)17)10-14(2)25-21(28)9-8-20-26-18-7-6-16(23)11-19(18)27-20/h3-7,11-12,14,24H,8-10H2,1-2H3,(H,25,28)(H,26,27)/t14-/m1/s1. The molecule has 2 aromatic heterocycles. The highest BCUT2D eigenvalue weighted by molar-refractivity contribution is 6.31. The Balaban J connectivity index is 1.34. The van der Waals surface area contributed by atoms with Crippen molar-refractivity contribution >= 4 is 39.4 Å². The number of hydrogen-bond donors (Lipinski definition) is 3. The minimum atomic E-state index is 0.0296. The third-order valence-electron chi connectivity index (χ3n) is 5.02. The van der Waals surface area contributed by atoms with Crippen LogP contribution >= 0.6 is 11.6 Å². The van der Waals surface area contributed by atoms with Crippen LogP contribution in [0.2, 0.25) is 5.02 Å². The van der Waals surface area contributed by atoms with E-state index < -0.39 is 0 Å². The minimum absolute atomic E-state index is 0.0296. The molecule has 0 bridgehead atoms. The zero-order chi connectivity index (χ0) is 19.7. The molecular weight excluding hydrogens is 372 g/mol. The summed E-state index contributed by atoms with van der Waals surface area (Å²) in [4.78, 5) is 23.4. The van der Waals surface area contributed by atoms with E-state index in [2.05, 4.69) is 45.4 Å². The fourth-order valence-corrected chi connectivity index (χ4v) is 3.82. The highest BCUT2D eigenvalue weighted by Gasteiger charge is 2.13. The summed E-state index contributed by atoms with van der Waals surface area (Å²) in [5, 5.41) is 4.99. The van der Waals surface area contributed by atoms with E-state index in [0.29, 0.717) is 17.9 Å². The van der Waals surface area contributed by atoms with E-state index in [9.17, 15) is 4.79 Å². The largest absolute Gasteiger partial charge is 0.361 e. The molecule has 0 saturated heterocycles.